The molecule has 1 aromatic carbocycles. The maximum absolute atomic E-state index is 12.5. The maximum Gasteiger partial charge on any atom is 0.326 e. The van der Waals surface area contributed by atoms with Gasteiger partial charge in [-0.25, -0.2) is 9.78 Å². The summed E-state index contributed by atoms with van der Waals surface area (Å²) >= 11 is 1.49. The van der Waals surface area contributed by atoms with Crippen LogP contribution < -0.4 is 0 Å². The number of carbonyl (C=O) groups excluding carboxylic acids is 1. The second-order valence-electron chi connectivity index (χ2n) is 5.33. The number of aliphatic carboxylic acids is 1. The van der Waals surface area contributed by atoms with Crippen LogP contribution in [0.25, 0.3) is 0 Å². The van der Waals surface area contributed by atoms with Crippen LogP contribution in [0.5, 0.6) is 0 Å². The monoisotopic (exact) mass is 316 g/mol. The number of aryl methyl sites for hydroxylation is 1. The summed E-state index contributed by atoms with van der Waals surface area (Å²) in [6.07, 6.45) is 1.20. The first kappa shape index (κ1) is 14.7. The van der Waals surface area contributed by atoms with Gasteiger partial charge in [0.15, 0.2) is 0 Å². The quantitative estimate of drug-likeness (QED) is 0.938. The van der Waals surface area contributed by atoms with Gasteiger partial charge in [-0.3, -0.25) is 4.79 Å². The molecule has 1 aliphatic heterocycles. The molecule has 0 saturated heterocycles. The lowest BCUT2D eigenvalue weighted by molar-refractivity contribution is -0.151. The Morgan fingerprint density at radius 1 is 1.32 bits per heavy atom. The van der Waals surface area contributed by atoms with E-state index in [-0.39, 0.29) is 12.3 Å². The normalized spacial score (nSPS) is 17.1. The predicted molar refractivity (Wildman–Crippen MR) is 82.6 cm³/mol. The van der Waals surface area contributed by atoms with E-state index in [9.17, 15) is 14.7 Å². The van der Waals surface area contributed by atoms with E-state index in [1.807, 2.05) is 29.6 Å². The van der Waals surface area contributed by atoms with E-state index in [0.29, 0.717) is 19.4 Å². The van der Waals surface area contributed by atoms with Gasteiger partial charge in [-0.1, -0.05) is 24.3 Å². The number of carbonyl (C=O) groups is 2. The molecule has 1 aliphatic rings. The number of rotatable bonds is 4. The smallest absolute Gasteiger partial charge is 0.326 e. The number of carboxylic acids is 1. The van der Waals surface area contributed by atoms with Crippen molar-refractivity contribution < 1.29 is 14.7 Å². The van der Waals surface area contributed by atoms with E-state index >= 15 is 0 Å². The van der Waals surface area contributed by atoms with Gasteiger partial charge in [-0.2, -0.15) is 0 Å². The van der Waals surface area contributed by atoms with Crippen molar-refractivity contribution in [1.82, 2.24) is 9.88 Å². The minimum Gasteiger partial charge on any atom is -0.480 e. The van der Waals surface area contributed by atoms with E-state index in [0.717, 1.165) is 16.8 Å². The van der Waals surface area contributed by atoms with E-state index < -0.39 is 12.0 Å². The molecule has 0 radical (unpaired) electrons. The van der Waals surface area contributed by atoms with Crippen LogP contribution >= 0.6 is 11.3 Å². The molecule has 1 unspecified atom stereocenters. The molecule has 1 N–H and O–H groups in total. The first-order valence-electron chi connectivity index (χ1n) is 7.11. The zero-order chi connectivity index (χ0) is 15.5. The number of hydrogen-bond acceptors (Lipinski definition) is 4. The molecule has 0 fully saturated rings. The lowest BCUT2D eigenvalue weighted by Crippen LogP contribution is -2.48. The van der Waals surface area contributed by atoms with Gasteiger partial charge in [0.05, 0.1) is 11.2 Å². The lowest BCUT2D eigenvalue weighted by atomic mass is 9.93. The van der Waals surface area contributed by atoms with Gasteiger partial charge in [-0.05, 0) is 17.5 Å². The highest BCUT2D eigenvalue weighted by molar-refractivity contribution is 7.07. The highest BCUT2D eigenvalue weighted by Gasteiger charge is 2.34. The van der Waals surface area contributed by atoms with Crippen molar-refractivity contribution in [1.29, 1.82) is 0 Å². The van der Waals surface area contributed by atoms with Crippen LogP contribution in [0.2, 0.25) is 0 Å². The Balaban J connectivity index is 1.75. The summed E-state index contributed by atoms with van der Waals surface area (Å²) in [5.41, 5.74) is 4.65. The fourth-order valence-electron chi connectivity index (χ4n) is 2.75. The third kappa shape index (κ3) is 3.01. The van der Waals surface area contributed by atoms with Crippen molar-refractivity contribution in [3.05, 3.63) is 52.0 Å². The van der Waals surface area contributed by atoms with Crippen LogP contribution in [-0.2, 0) is 29.0 Å². The van der Waals surface area contributed by atoms with Crippen molar-refractivity contribution >= 4 is 23.2 Å². The molecule has 22 heavy (non-hydrogen) atoms. The summed E-state index contributed by atoms with van der Waals surface area (Å²) in [7, 11) is 0. The number of carboxylic acid groups (broad SMARTS) is 1. The largest absolute Gasteiger partial charge is 0.480 e. The van der Waals surface area contributed by atoms with Crippen LogP contribution in [-0.4, -0.2) is 32.9 Å². The van der Waals surface area contributed by atoms with Crippen LogP contribution in [0.4, 0.5) is 0 Å². The molecule has 0 saturated carbocycles. The van der Waals surface area contributed by atoms with Gasteiger partial charge in [0.1, 0.15) is 6.04 Å². The summed E-state index contributed by atoms with van der Waals surface area (Å²) in [5.74, 6) is -1.08. The predicted octanol–water partition coefficient (Wildman–Crippen LogP) is 2.11. The second kappa shape index (κ2) is 6.27. The fraction of sp³-hybridized carbons (Fsp3) is 0.312. The molecule has 1 atom stereocenters. The Hall–Kier alpha value is -2.21. The molecule has 2 aromatic rings. The molecule has 6 heteroatoms. The molecule has 0 spiro atoms. The van der Waals surface area contributed by atoms with Crippen molar-refractivity contribution in [3.63, 3.8) is 0 Å². The van der Waals surface area contributed by atoms with Crippen molar-refractivity contribution in [2.45, 2.75) is 31.8 Å². The maximum atomic E-state index is 12.5. The summed E-state index contributed by atoms with van der Waals surface area (Å²) in [4.78, 5) is 29.6. The van der Waals surface area contributed by atoms with E-state index in [4.69, 9.17) is 0 Å². The molecule has 1 aromatic heterocycles. The molecular formula is C16H16N2O3S. The number of hydrogen-bond donors (Lipinski definition) is 1. The molecule has 3 rings (SSSR count). The lowest BCUT2D eigenvalue weighted by Gasteiger charge is -2.34. The highest BCUT2D eigenvalue weighted by Crippen LogP contribution is 2.24. The van der Waals surface area contributed by atoms with Crippen molar-refractivity contribution in [2.75, 3.05) is 0 Å². The van der Waals surface area contributed by atoms with Gasteiger partial charge in [-0.15, -0.1) is 11.3 Å². The molecule has 5 nitrogen and oxygen atoms in total. The van der Waals surface area contributed by atoms with Crippen LogP contribution in [0.1, 0.15) is 23.2 Å². The molecule has 114 valence electrons. The topological polar surface area (TPSA) is 70.5 Å². The number of fused-ring (bicyclic) bond motifs is 1. The Morgan fingerprint density at radius 2 is 2.09 bits per heavy atom. The second-order valence-corrected chi connectivity index (χ2v) is 6.05. The summed E-state index contributed by atoms with van der Waals surface area (Å²) in [5, 5.41) is 11.3. The van der Waals surface area contributed by atoms with Crippen LogP contribution in [0.15, 0.2) is 35.2 Å². The first-order chi connectivity index (χ1) is 10.6. The van der Waals surface area contributed by atoms with E-state index in [1.54, 1.807) is 5.51 Å². The SMILES string of the molecule is O=C(O)C1Cc2ccccc2CN1C(=O)CCc1cscn1. The van der Waals surface area contributed by atoms with Gasteiger partial charge in [0.2, 0.25) is 5.91 Å². The Morgan fingerprint density at radius 3 is 2.77 bits per heavy atom. The Kier molecular flexibility index (Phi) is 4.20. The van der Waals surface area contributed by atoms with Crippen LogP contribution in [0, 0.1) is 0 Å². The standard InChI is InChI=1S/C16H16N2O3S/c19-15(6-5-13-9-22-10-17-13)18-8-12-4-2-1-3-11(12)7-14(18)16(20)21/h1-4,9-10,14H,5-8H2,(H,20,21). The van der Waals surface area contributed by atoms with E-state index in [2.05, 4.69) is 4.98 Å². The fourth-order valence-corrected chi connectivity index (χ4v) is 3.34. The minimum atomic E-state index is -0.948. The third-order valence-electron chi connectivity index (χ3n) is 3.93. The minimum absolute atomic E-state index is 0.130. The average molecular weight is 316 g/mol. The first-order valence-corrected chi connectivity index (χ1v) is 8.05. The summed E-state index contributed by atoms with van der Waals surface area (Å²) < 4.78 is 0. The molecule has 0 bridgehead atoms. The van der Waals surface area contributed by atoms with E-state index in [1.165, 1.54) is 16.2 Å². The van der Waals surface area contributed by atoms with Gasteiger partial charge in [0.25, 0.3) is 0 Å². The molecule has 2 heterocycles. The van der Waals surface area contributed by atoms with Gasteiger partial charge >= 0.3 is 5.97 Å². The molecule has 0 aliphatic carbocycles. The van der Waals surface area contributed by atoms with Crippen molar-refractivity contribution in [3.8, 4) is 0 Å². The number of aromatic nitrogens is 1. The number of benzene rings is 1. The number of nitrogens with zero attached hydrogens (tertiary/aromatic N) is 2. The zero-order valence-electron chi connectivity index (χ0n) is 11.9. The third-order valence-corrected chi connectivity index (χ3v) is 4.57. The Bertz CT molecular complexity index is 684. The average Bonchev–Trinajstić information content (AvgIpc) is 3.04. The number of thiazole rings is 1. The summed E-state index contributed by atoms with van der Waals surface area (Å²) in [6, 6.07) is 6.92. The van der Waals surface area contributed by atoms with Gasteiger partial charge in [0, 0.05) is 24.8 Å². The highest BCUT2D eigenvalue weighted by atomic mass is 32.1. The number of amides is 1. The zero-order valence-corrected chi connectivity index (χ0v) is 12.8. The molecular weight excluding hydrogens is 300 g/mol. The Labute approximate surface area is 132 Å². The summed E-state index contributed by atoms with van der Waals surface area (Å²) in [6.45, 7) is 0.364. The van der Waals surface area contributed by atoms with Crippen LogP contribution in [0.3, 0.4) is 0 Å². The van der Waals surface area contributed by atoms with Crippen molar-refractivity contribution in [2.24, 2.45) is 0 Å². The van der Waals surface area contributed by atoms with Gasteiger partial charge < -0.3 is 10.0 Å². The molecule has 1 amide bonds.